The second kappa shape index (κ2) is 7.18. The number of hydrogen-bond acceptors (Lipinski definition) is 4. The largest absolute Gasteiger partial charge is 0.485 e. The fraction of sp³-hybridized carbons (Fsp3) is 0.316. The van der Waals surface area contributed by atoms with Crippen LogP contribution in [0, 0.1) is 4.91 Å². The van der Waals surface area contributed by atoms with E-state index in [1.807, 2.05) is 24.3 Å². The highest BCUT2D eigenvalue weighted by atomic mass is 16.5. The molecule has 0 aromatic heterocycles. The van der Waals surface area contributed by atoms with E-state index in [0.29, 0.717) is 5.75 Å². The molecule has 0 aliphatic carbocycles. The van der Waals surface area contributed by atoms with Crippen molar-refractivity contribution in [2.45, 2.75) is 32.6 Å². The van der Waals surface area contributed by atoms with Crippen molar-refractivity contribution in [3.63, 3.8) is 0 Å². The summed E-state index contributed by atoms with van der Waals surface area (Å²) in [4.78, 5) is 22.9. The third-order valence-corrected chi connectivity index (χ3v) is 4.19. The van der Waals surface area contributed by atoms with Gasteiger partial charge in [0.1, 0.15) is 11.4 Å². The van der Waals surface area contributed by atoms with Crippen LogP contribution in [0.4, 0.5) is 5.69 Å². The zero-order valence-electron chi connectivity index (χ0n) is 13.7. The molecule has 0 heterocycles. The molecule has 0 spiro atoms. The van der Waals surface area contributed by atoms with Gasteiger partial charge in [0.2, 0.25) is 5.78 Å². The molecule has 0 aliphatic heterocycles. The summed E-state index contributed by atoms with van der Waals surface area (Å²) in [5.74, 6) is 0.365. The topological polar surface area (TPSA) is 55.7 Å². The summed E-state index contributed by atoms with van der Waals surface area (Å²) in [6.07, 6.45) is 1.04. The third kappa shape index (κ3) is 4.03. The first kappa shape index (κ1) is 16.9. The zero-order valence-corrected chi connectivity index (χ0v) is 13.7. The molecular formula is C19H21NO3. The number of hydrogen-bond donors (Lipinski definition) is 0. The summed E-state index contributed by atoms with van der Waals surface area (Å²) >= 11 is 0. The van der Waals surface area contributed by atoms with Crippen LogP contribution in [0.1, 0.15) is 43.1 Å². The molecule has 0 radical (unpaired) electrons. The second-order valence-electron chi connectivity index (χ2n) is 6.08. The number of Topliss-reactive ketones (excluding diaryl/α,β-unsaturated/α-hetero) is 1. The van der Waals surface area contributed by atoms with Crippen LogP contribution in [0.25, 0.3) is 0 Å². The summed E-state index contributed by atoms with van der Waals surface area (Å²) in [5.41, 5.74) is 1.77. The highest BCUT2D eigenvalue weighted by Crippen LogP contribution is 2.28. The first-order valence-electron chi connectivity index (χ1n) is 7.67. The van der Waals surface area contributed by atoms with Crippen molar-refractivity contribution in [3.8, 4) is 5.75 Å². The molecule has 4 heteroatoms. The molecule has 0 fully saturated rings. The van der Waals surface area contributed by atoms with Gasteiger partial charge in [0.15, 0.2) is 6.61 Å². The SMILES string of the molecule is CCC(C)(C)c1ccc(OCC(=O)c2ccccc2N=O)cc1. The van der Waals surface area contributed by atoms with E-state index < -0.39 is 0 Å². The average molecular weight is 311 g/mol. The van der Waals surface area contributed by atoms with Crippen LogP contribution in [0.5, 0.6) is 5.75 Å². The number of nitroso groups, excluding NO2 is 1. The Kier molecular flexibility index (Phi) is 5.27. The van der Waals surface area contributed by atoms with Crippen LogP contribution in [0.2, 0.25) is 0 Å². The van der Waals surface area contributed by atoms with Gasteiger partial charge in [0.05, 0.1) is 5.56 Å². The molecule has 0 bridgehead atoms. The summed E-state index contributed by atoms with van der Waals surface area (Å²) in [5, 5.41) is 2.87. The minimum atomic E-state index is -0.266. The van der Waals surface area contributed by atoms with Crippen LogP contribution in [-0.4, -0.2) is 12.4 Å². The molecule has 4 nitrogen and oxygen atoms in total. The Morgan fingerprint density at radius 2 is 1.74 bits per heavy atom. The summed E-state index contributed by atoms with van der Waals surface area (Å²) < 4.78 is 5.53. The van der Waals surface area contributed by atoms with Gasteiger partial charge in [-0.15, -0.1) is 4.91 Å². The van der Waals surface area contributed by atoms with Crippen molar-refractivity contribution >= 4 is 11.5 Å². The minimum absolute atomic E-state index is 0.114. The molecule has 2 aromatic rings. The fourth-order valence-corrected chi connectivity index (χ4v) is 2.22. The average Bonchev–Trinajstić information content (AvgIpc) is 2.60. The minimum Gasteiger partial charge on any atom is -0.485 e. The predicted molar refractivity (Wildman–Crippen MR) is 91.5 cm³/mol. The molecule has 0 unspecified atom stereocenters. The first-order chi connectivity index (χ1) is 11.0. The van der Waals surface area contributed by atoms with Crippen molar-refractivity contribution < 1.29 is 9.53 Å². The number of ether oxygens (including phenoxy) is 1. The Bertz CT molecular complexity index is 690. The summed E-state index contributed by atoms with van der Waals surface area (Å²) in [6, 6.07) is 14.2. The van der Waals surface area contributed by atoms with Gasteiger partial charge < -0.3 is 4.74 Å². The number of nitrogens with zero attached hydrogens (tertiary/aromatic N) is 1. The van der Waals surface area contributed by atoms with Gasteiger partial charge in [-0.25, -0.2) is 0 Å². The smallest absolute Gasteiger partial charge is 0.202 e. The Hall–Kier alpha value is -2.49. The highest BCUT2D eigenvalue weighted by molar-refractivity contribution is 6.01. The first-order valence-corrected chi connectivity index (χ1v) is 7.67. The number of rotatable bonds is 7. The monoisotopic (exact) mass is 311 g/mol. The van der Waals surface area contributed by atoms with Crippen molar-refractivity contribution in [3.05, 3.63) is 64.6 Å². The molecule has 0 N–H and O–H groups in total. The fourth-order valence-electron chi connectivity index (χ4n) is 2.22. The highest BCUT2D eigenvalue weighted by Gasteiger charge is 2.18. The van der Waals surface area contributed by atoms with Gasteiger partial charge in [-0.1, -0.05) is 45.0 Å². The lowest BCUT2D eigenvalue weighted by atomic mass is 9.82. The molecule has 2 rings (SSSR count). The standard InChI is InChI=1S/C19H21NO3/c1-4-19(2,3)14-9-11-15(12-10-14)23-13-18(21)16-7-5-6-8-17(16)20-22/h5-12H,4,13H2,1-3H3. The molecule has 0 saturated heterocycles. The Balaban J connectivity index is 2.03. The summed E-state index contributed by atoms with van der Waals surface area (Å²) in [7, 11) is 0. The van der Waals surface area contributed by atoms with Crippen molar-refractivity contribution in [2.24, 2.45) is 5.18 Å². The number of carbonyl (C=O) groups is 1. The maximum Gasteiger partial charge on any atom is 0.202 e. The molecule has 0 atom stereocenters. The van der Waals surface area contributed by atoms with Crippen molar-refractivity contribution in [1.82, 2.24) is 0 Å². The van der Waals surface area contributed by atoms with Crippen LogP contribution in [0.3, 0.4) is 0 Å². The van der Waals surface area contributed by atoms with Crippen LogP contribution in [0.15, 0.2) is 53.7 Å². The van der Waals surface area contributed by atoms with Crippen molar-refractivity contribution in [2.75, 3.05) is 6.61 Å². The Morgan fingerprint density at radius 3 is 2.35 bits per heavy atom. The normalized spacial score (nSPS) is 11.1. The van der Waals surface area contributed by atoms with Crippen LogP contribution in [-0.2, 0) is 5.41 Å². The van der Waals surface area contributed by atoms with Gasteiger partial charge in [-0.2, -0.15) is 0 Å². The summed E-state index contributed by atoms with van der Waals surface area (Å²) in [6.45, 7) is 6.41. The van der Waals surface area contributed by atoms with Crippen molar-refractivity contribution in [1.29, 1.82) is 0 Å². The van der Waals surface area contributed by atoms with E-state index in [1.165, 1.54) is 11.6 Å². The molecule has 0 amide bonds. The van der Waals surface area contributed by atoms with E-state index in [1.54, 1.807) is 18.2 Å². The molecule has 120 valence electrons. The zero-order chi connectivity index (χ0) is 16.9. The van der Waals surface area contributed by atoms with E-state index in [0.717, 1.165) is 6.42 Å². The quantitative estimate of drug-likeness (QED) is 0.532. The Morgan fingerprint density at radius 1 is 1.09 bits per heavy atom. The molecular weight excluding hydrogens is 290 g/mol. The van der Waals surface area contributed by atoms with E-state index in [2.05, 4.69) is 25.9 Å². The molecule has 2 aromatic carbocycles. The lowest BCUT2D eigenvalue weighted by Gasteiger charge is -2.23. The lowest BCUT2D eigenvalue weighted by Crippen LogP contribution is -2.15. The van der Waals surface area contributed by atoms with E-state index in [-0.39, 0.29) is 29.1 Å². The van der Waals surface area contributed by atoms with Gasteiger partial charge in [0, 0.05) is 0 Å². The predicted octanol–water partition coefficient (Wildman–Crippen LogP) is 5.03. The molecule has 0 aliphatic rings. The van der Waals surface area contributed by atoms with Gasteiger partial charge in [0.25, 0.3) is 0 Å². The number of ketones is 1. The lowest BCUT2D eigenvalue weighted by molar-refractivity contribution is 0.0922. The van der Waals surface area contributed by atoms with Gasteiger partial charge >= 0.3 is 0 Å². The second-order valence-corrected chi connectivity index (χ2v) is 6.08. The number of carbonyl (C=O) groups excluding carboxylic acids is 1. The molecule has 0 saturated carbocycles. The van der Waals surface area contributed by atoms with Gasteiger partial charge in [-0.3, -0.25) is 4.79 Å². The van der Waals surface area contributed by atoms with E-state index in [4.69, 9.17) is 4.74 Å². The number of benzene rings is 2. The third-order valence-electron chi connectivity index (χ3n) is 4.19. The van der Waals surface area contributed by atoms with Gasteiger partial charge in [-0.05, 0) is 46.8 Å². The van der Waals surface area contributed by atoms with E-state index in [9.17, 15) is 9.70 Å². The maximum absolute atomic E-state index is 12.1. The van der Waals surface area contributed by atoms with Crippen LogP contribution >= 0.6 is 0 Å². The van der Waals surface area contributed by atoms with E-state index >= 15 is 0 Å². The molecule has 23 heavy (non-hydrogen) atoms. The van der Waals surface area contributed by atoms with Crippen LogP contribution < -0.4 is 4.74 Å². The maximum atomic E-state index is 12.1. The Labute approximate surface area is 136 Å².